The van der Waals surface area contributed by atoms with E-state index in [1.165, 1.54) is 29.5 Å². The zero-order chi connectivity index (χ0) is 14.8. The summed E-state index contributed by atoms with van der Waals surface area (Å²) in [6.07, 6.45) is 5.25. The van der Waals surface area contributed by atoms with Crippen LogP contribution in [0.3, 0.4) is 0 Å². The van der Waals surface area contributed by atoms with Crippen molar-refractivity contribution in [3.63, 3.8) is 0 Å². The number of nitrogen functional groups attached to an aromatic ring is 1. The standard InChI is InChI=1S/C16H19N3O2/c1-2-21-16(20)15-14(17)10-19(18-15)9-11-6-7-12-4-3-5-13(12)8-11/h6-8,10H,2-5,9,17H2,1H3. The number of nitrogens with zero attached hydrogens (tertiary/aromatic N) is 2. The Morgan fingerprint density at radius 1 is 1.38 bits per heavy atom. The normalized spacial score (nSPS) is 13.2. The summed E-state index contributed by atoms with van der Waals surface area (Å²) in [5.74, 6) is -0.470. The summed E-state index contributed by atoms with van der Waals surface area (Å²) in [5, 5.41) is 4.23. The summed E-state index contributed by atoms with van der Waals surface area (Å²) in [7, 11) is 0. The van der Waals surface area contributed by atoms with Gasteiger partial charge in [0.25, 0.3) is 0 Å². The molecule has 1 aliphatic carbocycles. The Labute approximate surface area is 123 Å². The number of hydrogen-bond donors (Lipinski definition) is 1. The van der Waals surface area contributed by atoms with Gasteiger partial charge < -0.3 is 10.5 Å². The number of fused-ring (bicyclic) bond motifs is 1. The van der Waals surface area contributed by atoms with E-state index in [9.17, 15) is 4.79 Å². The molecule has 2 N–H and O–H groups in total. The van der Waals surface area contributed by atoms with Crippen LogP contribution in [0.25, 0.3) is 0 Å². The van der Waals surface area contributed by atoms with E-state index in [4.69, 9.17) is 10.5 Å². The molecule has 1 aromatic carbocycles. The smallest absolute Gasteiger partial charge is 0.361 e. The van der Waals surface area contributed by atoms with Crippen LogP contribution in [0.2, 0.25) is 0 Å². The first-order valence-corrected chi connectivity index (χ1v) is 7.28. The fraction of sp³-hybridized carbons (Fsp3) is 0.375. The van der Waals surface area contributed by atoms with Gasteiger partial charge in [0.1, 0.15) is 0 Å². The monoisotopic (exact) mass is 285 g/mol. The molecule has 0 spiro atoms. The van der Waals surface area contributed by atoms with Crippen LogP contribution in [0.4, 0.5) is 5.69 Å². The maximum absolute atomic E-state index is 11.7. The van der Waals surface area contributed by atoms with Gasteiger partial charge in [0.2, 0.25) is 0 Å². The van der Waals surface area contributed by atoms with Gasteiger partial charge in [0.05, 0.1) is 18.8 Å². The van der Waals surface area contributed by atoms with E-state index in [-0.39, 0.29) is 5.69 Å². The van der Waals surface area contributed by atoms with Gasteiger partial charge >= 0.3 is 5.97 Å². The van der Waals surface area contributed by atoms with Crippen LogP contribution < -0.4 is 5.73 Å². The van der Waals surface area contributed by atoms with Crippen molar-refractivity contribution in [3.8, 4) is 0 Å². The number of aryl methyl sites for hydroxylation is 2. The van der Waals surface area contributed by atoms with Crippen LogP contribution in [0.5, 0.6) is 0 Å². The average Bonchev–Trinajstić information content (AvgIpc) is 3.05. The lowest BCUT2D eigenvalue weighted by molar-refractivity contribution is 0.0519. The number of ether oxygens (including phenoxy) is 1. The predicted molar refractivity (Wildman–Crippen MR) is 80.2 cm³/mol. The molecule has 0 radical (unpaired) electrons. The Kier molecular flexibility index (Phi) is 3.64. The highest BCUT2D eigenvalue weighted by Crippen LogP contribution is 2.23. The van der Waals surface area contributed by atoms with Gasteiger partial charge in [0.15, 0.2) is 5.69 Å². The van der Waals surface area contributed by atoms with Crippen molar-refractivity contribution in [3.05, 3.63) is 46.8 Å². The second-order valence-corrected chi connectivity index (χ2v) is 5.31. The van der Waals surface area contributed by atoms with Crippen LogP contribution >= 0.6 is 0 Å². The number of hydrogen-bond acceptors (Lipinski definition) is 4. The largest absolute Gasteiger partial charge is 0.461 e. The van der Waals surface area contributed by atoms with Crippen molar-refractivity contribution in [1.82, 2.24) is 9.78 Å². The molecule has 0 aliphatic heterocycles. The van der Waals surface area contributed by atoms with Crippen LogP contribution in [0.1, 0.15) is 40.5 Å². The molecule has 0 unspecified atom stereocenters. The average molecular weight is 285 g/mol. The molecule has 0 saturated heterocycles. The van der Waals surface area contributed by atoms with Crippen molar-refractivity contribution < 1.29 is 9.53 Å². The van der Waals surface area contributed by atoms with E-state index in [0.717, 1.165) is 6.42 Å². The van der Waals surface area contributed by atoms with Gasteiger partial charge in [-0.2, -0.15) is 5.10 Å². The first-order valence-electron chi connectivity index (χ1n) is 7.28. The molecule has 0 fully saturated rings. The molecule has 0 bridgehead atoms. The zero-order valence-electron chi connectivity index (χ0n) is 12.1. The molecule has 0 amide bonds. The molecule has 2 aromatic rings. The quantitative estimate of drug-likeness (QED) is 0.874. The number of benzene rings is 1. The van der Waals surface area contributed by atoms with Crippen LogP contribution in [0.15, 0.2) is 24.4 Å². The Balaban J connectivity index is 1.79. The Morgan fingerprint density at radius 2 is 2.19 bits per heavy atom. The third-order valence-corrected chi connectivity index (χ3v) is 3.77. The highest BCUT2D eigenvalue weighted by molar-refractivity contribution is 5.92. The first-order chi connectivity index (χ1) is 10.2. The fourth-order valence-corrected chi connectivity index (χ4v) is 2.79. The fourth-order valence-electron chi connectivity index (χ4n) is 2.79. The molecule has 0 atom stereocenters. The summed E-state index contributed by atoms with van der Waals surface area (Å²) in [6.45, 7) is 2.68. The third-order valence-electron chi connectivity index (χ3n) is 3.77. The third kappa shape index (κ3) is 2.77. The van der Waals surface area contributed by atoms with Crippen molar-refractivity contribution >= 4 is 11.7 Å². The molecule has 110 valence electrons. The molecule has 1 aliphatic rings. The maximum atomic E-state index is 11.7. The Bertz CT molecular complexity index is 676. The Hall–Kier alpha value is -2.30. The number of carbonyl (C=O) groups is 1. The second kappa shape index (κ2) is 5.60. The van der Waals surface area contributed by atoms with Gasteiger partial charge in [-0.05, 0) is 42.9 Å². The number of rotatable bonds is 4. The minimum Gasteiger partial charge on any atom is -0.461 e. The lowest BCUT2D eigenvalue weighted by Gasteiger charge is -2.05. The molecule has 1 heterocycles. The molecule has 5 heteroatoms. The Morgan fingerprint density at radius 3 is 3.00 bits per heavy atom. The topological polar surface area (TPSA) is 70.1 Å². The lowest BCUT2D eigenvalue weighted by atomic mass is 10.1. The van der Waals surface area contributed by atoms with E-state index in [2.05, 4.69) is 23.3 Å². The number of nitrogens with two attached hydrogens (primary N) is 1. The molecule has 5 nitrogen and oxygen atoms in total. The van der Waals surface area contributed by atoms with Crippen LogP contribution in [-0.2, 0) is 24.1 Å². The highest BCUT2D eigenvalue weighted by Gasteiger charge is 2.16. The molecule has 1 aromatic heterocycles. The summed E-state index contributed by atoms with van der Waals surface area (Å²) < 4.78 is 6.63. The second-order valence-electron chi connectivity index (χ2n) is 5.31. The van der Waals surface area contributed by atoms with E-state index < -0.39 is 5.97 Å². The molecular weight excluding hydrogens is 266 g/mol. The van der Waals surface area contributed by atoms with E-state index >= 15 is 0 Å². The number of anilines is 1. The summed E-state index contributed by atoms with van der Waals surface area (Å²) in [6, 6.07) is 6.53. The predicted octanol–water partition coefficient (Wildman–Crippen LogP) is 2.18. The first kappa shape index (κ1) is 13.7. The number of carbonyl (C=O) groups excluding carboxylic acids is 1. The van der Waals surface area contributed by atoms with Crippen LogP contribution in [-0.4, -0.2) is 22.4 Å². The van der Waals surface area contributed by atoms with Crippen molar-refractivity contribution in [2.45, 2.75) is 32.7 Å². The van der Waals surface area contributed by atoms with Gasteiger partial charge in [-0.1, -0.05) is 18.2 Å². The SMILES string of the molecule is CCOC(=O)c1nn(Cc2ccc3c(c2)CCC3)cc1N. The van der Waals surface area contributed by atoms with Gasteiger partial charge in [-0.15, -0.1) is 0 Å². The molecule has 21 heavy (non-hydrogen) atoms. The van der Waals surface area contributed by atoms with E-state index in [0.29, 0.717) is 18.8 Å². The molecular formula is C16H19N3O2. The van der Waals surface area contributed by atoms with Gasteiger partial charge in [-0.3, -0.25) is 4.68 Å². The minimum atomic E-state index is -0.470. The van der Waals surface area contributed by atoms with Crippen LogP contribution in [0, 0.1) is 0 Å². The lowest BCUT2D eigenvalue weighted by Crippen LogP contribution is -2.09. The van der Waals surface area contributed by atoms with Crippen molar-refractivity contribution in [1.29, 1.82) is 0 Å². The maximum Gasteiger partial charge on any atom is 0.361 e. The summed E-state index contributed by atoms with van der Waals surface area (Å²) >= 11 is 0. The van der Waals surface area contributed by atoms with Crippen molar-refractivity contribution in [2.75, 3.05) is 12.3 Å². The zero-order valence-corrected chi connectivity index (χ0v) is 12.1. The summed E-state index contributed by atoms with van der Waals surface area (Å²) in [5.41, 5.74) is 10.4. The highest BCUT2D eigenvalue weighted by atomic mass is 16.5. The summed E-state index contributed by atoms with van der Waals surface area (Å²) in [4.78, 5) is 11.7. The molecule has 0 saturated carbocycles. The molecule has 3 rings (SSSR count). The number of aromatic nitrogens is 2. The van der Waals surface area contributed by atoms with Gasteiger partial charge in [0, 0.05) is 6.20 Å². The van der Waals surface area contributed by atoms with Crippen molar-refractivity contribution in [2.24, 2.45) is 0 Å². The van der Waals surface area contributed by atoms with E-state index in [1.807, 2.05) is 0 Å². The van der Waals surface area contributed by atoms with E-state index in [1.54, 1.807) is 17.8 Å². The number of esters is 1. The van der Waals surface area contributed by atoms with Gasteiger partial charge in [-0.25, -0.2) is 4.79 Å². The minimum absolute atomic E-state index is 0.193.